The van der Waals surface area contributed by atoms with E-state index in [2.05, 4.69) is 21.4 Å². The predicted octanol–water partition coefficient (Wildman–Crippen LogP) is 3.26. The zero-order valence-corrected chi connectivity index (χ0v) is 16.9. The van der Waals surface area contributed by atoms with E-state index in [1.54, 1.807) is 24.4 Å². The van der Waals surface area contributed by atoms with Crippen LogP contribution in [0.25, 0.3) is 21.9 Å². The first-order valence-electron chi connectivity index (χ1n) is 10.3. The van der Waals surface area contributed by atoms with Crippen molar-refractivity contribution in [3.8, 4) is 6.07 Å². The van der Waals surface area contributed by atoms with E-state index in [0.717, 1.165) is 29.3 Å². The van der Waals surface area contributed by atoms with Gasteiger partial charge >= 0.3 is 0 Å². The van der Waals surface area contributed by atoms with E-state index in [1.807, 2.05) is 11.5 Å². The number of alkyl halides is 2. The number of halogens is 2. The van der Waals surface area contributed by atoms with Gasteiger partial charge in [0.15, 0.2) is 0 Å². The molecule has 1 N–H and O–H groups in total. The van der Waals surface area contributed by atoms with Crippen LogP contribution in [0.5, 0.6) is 0 Å². The summed E-state index contributed by atoms with van der Waals surface area (Å²) in [5.74, 6) is -2.79. The summed E-state index contributed by atoms with van der Waals surface area (Å²) in [6.07, 6.45) is 2.75. The largest absolute Gasteiger partial charge is 0.378 e. The molecule has 1 saturated heterocycles. The van der Waals surface area contributed by atoms with Crippen LogP contribution < -0.4 is 5.32 Å². The molecule has 1 amide bonds. The van der Waals surface area contributed by atoms with Gasteiger partial charge in [-0.05, 0) is 38.0 Å². The fourth-order valence-corrected chi connectivity index (χ4v) is 4.38. The van der Waals surface area contributed by atoms with Gasteiger partial charge in [0.25, 0.3) is 5.92 Å². The fraction of sp³-hybridized carbons (Fsp3) is 0.455. The number of ether oxygens (including phenoxy) is 1. The van der Waals surface area contributed by atoms with Crippen LogP contribution in [0.1, 0.15) is 43.6 Å². The third-order valence-electron chi connectivity index (χ3n) is 6.02. The van der Waals surface area contributed by atoms with Gasteiger partial charge in [-0.25, -0.2) is 13.8 Å². The molecule has 9 heteroatoms. The number of imidazole rings is 1. The summed E-state index contributed by atoms with van der Waals surface area (Å²) in [5.41, 5.74) is 2.65. The summed E-state index contributed by atoms with van der Waals surface area (Å²) in [5, 5.41) is 12.5. The van der Waals surface area contributed by atoms with Crippen LogP contribution in [-0.4, -0.2) is 45.1 Å². The van der Waals surface area contributed by atoms with Gasteiger partial charge in [-0.1, -0.05) is 0 Å². The van der Waals surface area contributed by atoms with Gasteiger partial charge < -0.3 is 14.6 Å². The smallest absolute Gasteiger partial charge is 0.270 e. The molecular weight excluding hydrogens is 404 g/mol. The second-order valence-electron chi connectivity index (χ2n) is 8.36. The highest BCUT2D eigenvalue weighted by Crippen LogP contribution is 2.41. The lowest BCUT2D eigenvalue weighted by Crippen LogP contribution is -2.32. The Morgan fingerprint density at radius 2 is 2.23 bits per heavy atom. The van der Waals surface area contributed by atoms with Crippen molar-refractivity contribution in [3.63, 3.8) is 0 Å². The van der Waals surface area contributed by atoms with Gasteiger partial charge in [0.05, 0.1) is 47.4 Å². The number of carbonyl (C=O) groups is 1. The first-order valence-corrected chi connectivity index (χ1v) is 10.3. The van der Waals surface area contributed by atoms with Gasteiger partial charge in [0.2, 0.25) is 5.91 Å². The normalized spacial score (nSPS) is 24.8. The van der Waals surface area contributed by atoms with Crippen LogP contribution in [0.4, 0.5) is 8.78 Å². The van der Waals surface area contributed by atoms with Crippen LogP contribution in [-0.2, 0) is 16.0 Å². The lowest BCUT2D eigenvalue weighted by molar-refractivity contribution is -0.121. The van der Waals surface area contributed by atoms with E-state index in [-0.39, 0.29) is 25.0 Å². The molecule has 5 rings (SSSR count). The number of fused-ring (bicyclic) bond motifs is 3. The average Bonchev–Trinajstić information content (AvgIpc) is 3.16. The second-order valence-corrected chi connectivity index (χ2v) is 8.36. The molecule has 3 aromatic rings. The number of rotatable bonds is 4. The minimum Gasteiger partial charge on any atom is -0.378 e. The van der Waals surface area contributed by atoms with Gasteiger partial charge in [0.1, 0.15) is 11.3 Å². The minimum atomic E-state index is -2.82. The Labute approximate surface area is 177 Å². The molecule has 0 radical (unpaired) electrons. The van der Waals surface area contributed by atoms with Crippen molar-refractivity contribution in [2.24, 2.45) is 0 Å². The summed E-state index contributed by atoms with van der Waals surface area (Å²) >= 11 is 0. The summed E-state index contributed by atoms with van der Waals surface area (Å²) in [7, 11) is 0. The van der Waals surface area contributed by atoms with E-state index in [4.69, 9.17) is 4.74 Å². The molecule has 3 heterocycles. The number of nitriles is 1. The highest BCUT2D eigenvalue weighted by Gasteiger charge is 2.57. The van der Waals surface area contributed by atoms with Crippen molar-refractivity contribution in [1.82, 2.24) is 19.9 Å². The first-order chi connectivity index (χ1) is 14.9. The summed E-state index contributed by atoms with van der Waals surface area (Å²) in [6, 6.07) is 6.37. The Kier molecular flexibility index (Phi) is 4.63. The Morgan fingerprint density at radius 3 is 2.94 bits per heavy atom. The molecule has 1 aliphatic heterocycles. The highest BCUT2D eigenvalue weighted by atomic mass is 19.3. The molecule has 1 unspecified atom stereocenters. The molecule has 2 aromatic heterocycles. The predicted molar refractivity (Wildman–Crippen MR) is 109 cm³/mol. The summed E-state index contributed by atoms with van der Waals surface area (Å²) in [6.45, 7) is 2.58. The van der Waals surface area contributed by atoms with Crippen LogP contribution in [0.15, 0.2) is 24.4 Å². The maximum Gasteiger partial charge on any atom is 0.270 e. The number of aromatic nitrogens is 3. The Bertz CT molecular complexity index is 1230. The standard InChI is InChI=1S/C22H21F2N5O2/c1-12-6-14(4-5-31-12)29-19(8-20(30)28-18-9-22(18,23)24)27-17-11-26-16-3-2-13(10-25)7-15(16)21(17)29/h2-3,7,11-12,14,18H,4-6,8-9H2,1H3,(H,28,30)/t12-,14-,18?/m1/s1. The molecule has 160 valence electrons. The van der Waals surface area contributed by atoms with Crippen molar-refractivity contribution in [2.75, 3.05) is 6.61 Å². The van der Waals surface area contributed by atoms with Crippen molar-refractivity contribution in [1.29, 1.82) is 5.26 Å². The Balaban J connectivity index is 1.62. The number of pyridine rings is 1. The zero-order chi connectivity index (χ0) is 21.8. The van der Waals surface area contributed by atoms with Gasteiger partial charge in [0, 0.05) is 24.5 Å². The SMILES string of the molecule is C[C@@H]1C[C@H](n2c(CC(=O)NC3CC3(F)F)nc3cnc4ccc(C#N)cc4c32)CCO1. The lowest BCUT2D eigenvalue weighted by atomic mass is 10.0. The van der Waals surface area contributed by atoms with E-state index in [1.165, 1.54) is 0 Å². The molecule has 3 atom stereocenters. The van der Waals surface area contributed by atoms with E-state index in [9.17, 15) is 18.8 Å². The van der Waals surface area contributed by atoms with Crippen molar-refractivity contribution in [2.45, 2.75) is 56.7 Å². The minimum absolute atomic E-state index is 0.0373. The Hall–Kier alpha value is -3.12. The van der Waals surface area contributed by atoms with E-state index < -0.39 is 17.9 Å². The van der Waals surface area contributed by atoms with Crippen molar-refractivity contribution in [3.05, 3.63) is 35.8 Å². The second kappa shape index (κ2) is 7.24. The molecular formula is C22H21F2N5O2. The lowest BCUT2D eigenvalue weighted by Gasteiger charge is -2.30. The van der Waals surface area contributed by atoms with Gasteiger partial charge in [-0.15, -0.1) is 0 Å². The molecule has 2 fully saturated rings. The molecule has 0 spiro atoms. The molecule has 2 aliphatic rings. The van der Waals surface area contributed by atoms with Gasteiger partial charge in [-0.3, -0.25) is 9.78 Å². The van der Waals surface area contributed by atoms with E-state index >= 15 is 0 Å². The van der Waals surface area contributed by atoms with Crippen LogP contribution >= 0.6 is 0 Å². The number of carbonyl (C=O) groups excluding carboxylic acids is 1. The summed E-state index contributed by atoms with van der Waals surface area (Å²) < 4.78 is 34.2. The molecule has 31 heavy (non-hydrogen) atoms. The maximum absolute atomic E-state index is 13.2. The zero-order valence-electron chi connectivity index (χ0n) is 16.9. The Morgan fingerprint density at radius 1 is 1.42 bits per heavy atom. The number of nitrogens with zero attached hydrogens (tertiary/aromatic N) is 4. The number of benzene rings is 1. The fourth-order valence-electron chi connectivity index (χ4n) is 4.38. The van der Waals surface area contributed by atoms with Crippen molar-refractivity contribution < 1.29 is 18.3 Å². The van der Waals surface area contributed by atoms with Crippen LogP contribution in [0, 0.1) is 11.3 Å². The number of hydrogen-bond acceptors (Lipinski definition) is 5. The highest BCUT2D eigenvalue weighted by molar-refractivity contribution is 6.03. The topological polar surface area (TPSA) is 92.8 Å². The number of hydrogen-bond donors (Lipinski definition) is 1. The first kappa shape index (κ1) is 19.8. The molecule has 7 nitrogen and oxygen atoms in total. The maximum atomic E-state index is 13.2. The average molecular weight is 425 g/mol. The van der Waals surface area contributed by atoms with Crippen LogP contribution in [0.2, 0.25) is 0 Å². The molecule has 0 bridgehead atoms. The molecule has 1 aliphatic carbocycles. The quantitative estimate of drug-likeness (QED) is 0.693. The number of amides is 1. The third-order valence-corrected chi connectivity index (χ3v) is 6.02. The summed E-state index contributed by atoms with van der Waals surface area (Å²) in [4.78, 5) is 21.6. The number of nitrogens with one attached hydrogen (secondary N) is 1. The molecule has 1 aromatic carbocycles. The molecule has 1 saturated carbocycles. The van der Waals surface area contributed by atoms with E-state index in [0.29, 0.717) is 23.5 Å². The van der Waals surface area contributed by atoms with Gasteiger partial charge in [-0.2, -0.15) is 5.26 Å². The van der Waals surface area contributed by atoms with Crippen LogP contribution in [0.3, 0.4) is 0 Å². The monoisotopic (exact) mass is 425 g/mol. The third kappa shape index (κ3) is 3.61. The van der Waals surface area contributed by atoms with Crippen molar-refractivity contribution >= 4 is 27.8 Å².